The van der Waals surface area contributed by atoms with E-state index in [9.17, 15) is 9.18 Å². The van der Waals surface area contributed by atoms with Crippen molar-refractivity contribution in [1.29, 1.82) is 0 Å². The Balaban J connectivity index is 2.20. The van der Waals surface area contributed by atoms with Gasteiger partial charge in [-0.1, -0.05) is 0 Å². The van der Waals surface area contributed by atoms with Crippen molar-refractivity contribution in [3.05, 3.63) is 29.1 Å². The van der Waals surface area contributed by atoms with E-state index in [2.05, 4.69) is 11.8 Å². The second kappa shape index (κ2) is 5.17. The lowest BCUT2D eigenvalue weighted by Crippen LogP contribution is -2.52. The third kappa shape index (κ3) is 2.71. The standard InChI is InChI=1S/C14H20FN3O/c1-9-8-18(5-4-17(9)3)14(19)11-6-12(15)10(2)13(16)7-11/h6-7,9H,4-5,8,16H2,1-3H3. The van der Waals surface area contributed by atoms with Gasteiger partial charge in [0.2, 0.25) is 0 Å². The smallest absolute Gasteiger partial charge is 0.254 e. The second-order valence-electron chi connectivity index (χ2n) is 5.25. The maximum absolute atomic E-state index is 13.6. The molecule has 0 radical (unpaired) electrons. The molecule has 2 N–H and O–H groups in total. The minimum absolute atomic E-state index is 0.148. The molecular formula is C14H20FN3O. The van der Waals surface area contributed by atoms with E-state index >= 15 is 0 Å². The Hall–Kier alpha value is -1.62. The van der Waals surface area contributed by atoms with E-state index in [0.717, 1.165) is 6.54 Å². The van der Waals surface area contributed by atoms with Crippen LogP contribution in [0.4, 0.5) is 10.1 Å². The maximum atomic E-state index is 13.6. The number of anilines is 1. The molecule has 1 fully saturated rings. The minimum atomic E-state index is -0.425. The van der Waals surface area contributed by atoms with Gasteiger partial charge in [0, 0.05) is 42.5 Å². The van der Waals surface area contributed by atoms with Crippen LogP contribution in [0.1, 0.15) is 22.8 Å². The summed E-state index contributed by atoms with van der Waals surface area (Å²) >= 11 is 0. The molecule has 1 aliphatic rings. The number of halogens is 1. The van der Waals surface area contributed by atoms with Crippen molar-refractivity contribution in [2.24, 2.45) is 0 Å². The van der Waals surface area contributed by atoms with Crippen LogP contribution in [0.15, 0.2) is 12.1 Å². The van der Waals surface area contributed by atoms with Gasteiger partial charge in [0.15, 0.2) is 0 Å². The Kier molecular flexibility index (Phi) is 3.75. The van der Waals surface area contributed by atoms with Crippen molar-refractivity contribution >= 4 is 11.6 Å². The molecule has 1 atom stereocenters. The minimum Gasteiger partial charge on any atom is -0.398 e. The molecule has 1 heterocycles. The average Bonchev–Trinajstić information content (AvgIpc) is 2.37. The van der Waals surface area contributed by atoms with Crippen LogP contribution in [-0.2, 0) is 0 Å². The molecule has 1 aromatic carbocycles. The Morgan fingerprint density at radius 2 is 2.11 bits per heavy atom. The fourth-order valence-corrected chi connectivity index (χ4v) is 2.24. The van der Waals surface area contributed by atoms with Crippen molar-refractivity contribution in [2.75, 3.05) is 32.4 Å². The third-order valence-electron chi connectivity index (χ3n) is 3.88. The first-order chi connectivity index (χ1) is 8.90. The van der Waals surface area contributed by atoms with Crippen LogP contribution in [0.25, 0.3) is 0 Å². The van der Waals surface area contributed by atoms with Crippen molar-refractivity contribution in [2.45, 2.75) is 19.9 Å². The van der Waals surface area contributed by atoms with E-state index in [4.69, 9.17) is 5.73 Å². The molecule has 0 saturated carbocycles. The molecule has 0 aliphatic carbocycles. The van der Waals surface area contributed by atoms with Gasteiger partial charge in [-0.15, -0.1) is 0 Å². The molecule has 1 aromatic rings. The lowest BCUT2D eigenvalue weighted by Gasteiger charge is -2.37. The fourth-order valence-electron chi connectivity index (χ4n) is 2.24. The summed E-state index contributed by atoms with van der Waals surface area (Å²) in [5.74, 6) is -0.573. The topological polar surface area (TPSA) is 49.6 Å². The number of hydrogen-bond donors (Lipinski definition) is 1. The van der Waals surface area contributed by atoms with Crippen LogP contribution >= 0.6 is 0 Å². The molecule has 0 spiro atoms. The number of carbonyl (C=O) groups excluding carboxylic acids is 1. The predicted octanol–water partition coefficient (Wildman–Crippen LogP) is 1.49. The van der Waals surface area contributed by atoms with Crippen molar-refractivity contribution < 1.29 is 9.18 Å². The first-order valence-electron chi connectivity index (χ1n) is 6.45. The van der Waals surface area contributed by atoms with Crippen LogP contribution in [0.5, 0.6) is 0 Å². The van der Waals surface area contributed by atoms with Crippen LogP contribution in [0, 0.1) is 12.7 Å². The number of amides is 1. The highest BCUT2D eigenvalue weighted by molar-refractivity contribution is 5.95. The summed E-state index contributed by atoms with van der Waals surface area (Å²) in [5.41, 5.74) is 6.77. The number of carbonyl (C=O) groups is 1. The van der Waals surface area contributed by atoms with Crippen molar-refractivity contribution in [3.8, 4) is 0 Å². The van der Waals surface area contributed by atoms with Crippen LogP contribution in [-0.4, -0.2) is 48.4 Å². The van der Waals surface area contributed by atoms with E-state index in [0.29, 0.717) is 35.9 Å². The predicted molar refractivity (Wildman–Crippen MR) is 73.5 cm³/mol. The maximum Gasteiger partial charge on any atom is 0.254 e. The summed E-state index contributed by atoms with van der Waals surface area (Å²) in [6.07, 6.45) is 0. The van der Waals surface area contributed by atoms with E-state index in [1.165, 1.54) is 6.07 Å². The van der Waals surface area contributed by atoms with Gasteiger partial charge in [0.25, 0.3) is 5.91 Å². The van der Waals surface area contributed by atoms with Gasteiger partial charge >= 0.3 is 0 Å². The summed E-state index contributed by atoms with van der Waals surface area (Å²) in [6.45, 7) is 5.83. The average molecular weight is 265 g/mol. The van der Waals surface area contributed by atoms with Gasteiger partial charge in [0.05, 0.1) is 0 Å². The van der Waals surface area contributed by atoms with E-state index in [1.807, 2.05) is 7.05 Å². The Labute approximate surface area is 113 Å². The number of benzene rings is 1. The summed E-state index contributed by atoms with van der Waals surface area (Å²) < 4.78 is 13.6. The molecule has 0 bridgehead atoms. The first-order valence-corrected chi connectivity index (χ1v) is 6.45. The first kappa shape index (κ1) is 13.8. The molecule has 104 valence electrons. The number of nitrogens with two attached hydrogens (primary N) is 1. The van der Waals surface area contributed by atoms with E-state index in [1.54, 1.807) is 17.9 Å². The zero-order valence-corrected chi connectivity index (χ0v) is 11.6. The van der Waals surface area contributed by atoms with Crippen molar-refractivity contribution in [3.63, 3.8) is 0 Å². The summed E-state index contributed by atoms with van der Waals surface area (Å²) in [5, 5.41) is 0. The lowest BCUT2D eigenvalue weighted by atomic mass is 10.1. The number of likely N-dealkylation sites (N-methyl/N-ethyl adjacent to an activating group) is 1. The number of nitrogens with zero attached hydrogens (tertiary/aromatic N) is 2. The van der Waals surface area contributed by atoms with Crippen LogP contribution in [0.2, 0.25) is 0 Å². The molecule has 0 aromatic heterocycles. The summed E-state index contributed by atoms with van der Waals surface area (Å²) in [4.78, 5) is 16.3. The largest absolute Gasteiger partial charge is 0.398 e. The number of nitrogen functional groups attached to an aromatic ring is 1. The zero-order valence-electron chi connectivity index (χ0n) is 11.6. The molecule has 2 rings (SSSR count). The molecule has 19 heavy (non-hydrogen) atoms. The van der Waals surface area contributed by atoms with Gasteiger partial charge < -0.3 is 15.5 Å². The van der Waals surface area contributed by atoms with Crippen LogP contribution < -0.4 is 5.73 Å². The van der Waals surface area contributed by atoms with E-state index in [-0.39, 0.29) is 5.91 Å². The zero-order chi connectivity index (χ0) is 14.2. The number of rotatable bonds is 1. The number of piperazine rings is 1. The lowest BCUT2D eigenvalue weighted by molar-refractivity contribution is 0.0572. The normalized spacial score (nSPS) is 20.6. The van der Waals surface area contributed by atoms with Crippen LogP contribution in [0.3, 0.4) is 0 Å². The fraction of sp³-hybridized carbons (Fsp3) is 0.500. The Morgan fingerprint density at radius 1 is 1.42 bits per heavy atom. The summed E-state index contributed by atoms with van der Waals surface area (Å²) in [6, 6.07) is 3.14. The third-order valence-corrected chi connectivity index (χ3v) is 3.88. The molecule has 5 heteroatoms. The quantitative estimate of drug-likeness (QED) is 0.783. The van der Waals surface area contributed by atoms with Crippen molar-refractivity contribution in [1.82, 2.24) is 9.80 Å². The molecule has 4 nitrogen and oxygen atoms in total. The van der Waals surface area contributed by atoms with E-state index < -0.39 is 5.82 Å². The highest BCUT2D eigenvalue weighted by atomic mass is 19.1. The van der Waals surface area contributed by atoms with Gasteiger partial charge in [0.1, 0.15) is 5.82 Å². The Bertz CT molecular complexity index is 480. The van der Waals surface area contributed by atoms with Gasteiger partial charge in [-0.05, 0) is 33.0 Å². The Morgan fingerprint density at radius 3 is 2.68 bits per heavy atom. The highest BCUT2D eigenvalue weighted by Crippen LogP contribution is 2.20. The van der Waals surface area contributed by atoms with Gasteiger partial charge in [-0.2, -0.15) is 0 Å². The van der Waals surface area contributed by atoms with Gasteiger partial charge in [-0.3, -0.25) is 4.79 Å². The SMILES string of the molecule is Cc1c(N)cc(C(=O)N2CCN(C)C(C)C2)cc1F. The molecular weight excluding hydrogens is 245 g/mol. The molecule has 1 saturated heterocycles. The summed E-state index contributed by atoms with van der Waals surface area (Å²) in [7, 11) is 2.04. The highest BCUT2D eigenvalue weighted by Gasteiger charge is 2.25. The number of hydrogen-bond acceptors (Lipinski definition) is 3. The van der Waals surface area contributed by atoms with Gasteiger partial charge in [-0.25, -0.2) is 4.39 Å². The monoisotopic (exact) mass is 265 g/mol. The molecule has 1 amide bonds. The molecule has 1 aliphatic heterocycles. The second-order valence-corrected chi connectivity index (χ2v) is 5.25. The molecule has 1 unspecified atom stereocenters.